The van der Waals surface area contributed by atoms with Gasteiger partial charge in [0.25, 0.3) is 0 Å². The molecule has 0 unspecified atom stereocenters. The summed E-state index contributed by atoms with van der Waals surface area (Å²) < 4.78 is 48.8. The van der Waals surface area contributed by atoms with Gasteiger partial charge in [-0.25, -0.2) is 0 Å². The van der Waals surface area contributed by atoms with Crippen molar-refractivity contribution in [3.63, 3.8) is 0 Å². The Morgan fingerprint density at radius 3 is 2.86 bits per heavy atom. The van der Waals surface area contributed by atoms with E-state index in [0.29, 0.717) is 30.7 Å². The van der Waals surface area contributed by atoms with Gasteiger partial charge in [0.15, 0.2) is 0 Å². The van der Waals surface area contributed by atoms with Crippen molar-refractivity contribution < 1.29 is 22.3 Å². The lowest BCUT2D eigenvalue weighted by Gasteiger charge is -2.21. The van der Waals surface area contributed by atoms with Crippen LogP contribution in [0.3, 0.4) is 0 Å². The van der Waals surface area contributed by atoms with Crippen LogP contribution < -0.4 is 4.74 Å². The molecule has 3 nitrogen and oxygen atoms in total. The lowest BCUT2D eigenvalue weighted by Crippen LogP contribution is -2.33. The second-order valence-corrected chi connectivity index (χ2v) is 5.30. The van der Waals surface area contributed by atoms with Crippen LogP contribution in [-0.2, 0) is 13.0 Å². The standard InChI is InChI=1S/C15H16F3NO2/c1-20-10-4-5-11-12-8-19(9-15(16,17)18)6-2-3-13(12)21-14(11)7-10/h4-5,7H,2-3,6,8-9H2,1H3. The molecule has 3 rings (SSSR count). The molecule has 21 heavy (non-hydrogen) atoms. The molecule has 6 heteroatoms. The van der Waals surface area contributed by atoms with Gasteiger partial charge in [-0.2, -0.15) is 13.2 Å². The highest BCUT2D eigenvalue weighted by Gasteiger charge is 2.32. The molecule has 1 aromatic heterocycles. The van der Waals surface area contributed by atoms with E-state index in [9.17, 15) is 13.2 Å². The van der Waals surface area contributed by atoms with E-state index in [1.54, 1.807) is 19.2 Å². The van der Waals surface area contributed by atoms with Gasteiger partial charge in [0, 0.05) is 30.0 Å². The van der Waals surface area contributed by atoms with Crippen LogP contribution in [0, 0.1) is 0 Å². The first-order chi connectivity index (χ1) is 9.96. The van der Waals surface area contributed by atoms with Gasteiger partial charge in [-0.05, 0) is 25.1 Å². The number of alkyl halides is 3. The zero-order valence-electron chi connectivity index (χ0n) is 11.7. The number of fused-ring (bicyclic) bond motifs is 3. The number of hydrogen-bond acceptors (Lipinski definition) is 3. The Hall–Kier alpha value is -1.69. The summed E-state index contributed by atoms with van der Waals surface area (Å²) >= 11 is 0. The van der Waals surface area contributed by atoms with E-state index in [1.165, 1.54) is 4.90 Å². The number of methoxy groups -OCH3 is 1. The molecule has 0 saturated heterocycles. The van der Waals surface area contributed by atoms with Crippen molar-refractivity contribution in [2.24, 2.45) is 0 Å². The molecule has 0 atom stereocenters. The monoisotopic (exact) mass is 299 g/mol. The van der Waals surface area contributed by atoms with Crippen LogP contribution in [0.2, 0.25) is 0 Å². The smallest absolute Gasteiger partial charge is 0.401 e. The van der Waals surface area contributed by atoms with E-state index in [2.05, 4.69) is 0 Å². The van der Waals surface area contributed by atoms with Gasteiger partial charge in [0.1, 0.15) is 17.1 Å². The number of halogens is 3. The molecule has 2 aromatic rings. The third-order valence-corrected chi connectivity index (χ3v) is 3.75. The maximum absolute atomic E-state index is 12.6. The minimum Gasteiger partial charge on any atom is -0.497 e. The number of ether oxygens (including phenoxy) is 1. The molecule has 0 radical (unpaired) electrons. The predicted molar refractivity (Wildman–Crippen MR) is 72.4 cm³/mol. The van der Waals surface area contributed by atoms with Gasteiger partial charge in [0.2, 0.25) is 0 Å². The van der Waals surface area contributed by atoms with Crippen molar-refractivity contribution in [1.29, 1.82) is 0 Å². The van der Waals surface area contributed by atoms with Crippen LogP contribution in [-0.4, -0.2) is 31.3 Å². The molecule has 114 valence electrons. The van der Waals surface area contributed by atoms with Crippen LogP contribution in [0.1, 0.15) is 17.7 Å². The minimum atomic E-state index is -4.17. The summed E-state index contributed by atoms with van der Waals surface area (Å²) in [7, 11) is 1.57. The number of aryl methyl sites for hydroxylation is 1. The summed E-state index contributed by atoms with van der Waals surface area (Å²) in [6.45, 7) is -0.176. The molecule has 0 bridgehead atoms. The van der Waals surface area contributed by atoms with Crippen molar-refractivity contribution in [2.45, 2.75) is 25.6 Å². The number of benzene rings is 1. The van der Waals surface area contributed by atoms with Gasteiger partial charge in [-0.15, -0.1) is 0 Å². The fourth-order valence-electron chi connectivity index (χ4n) is 2.84. The Balaban J connectivity index is 1.95. The maximum atomic E-state index is 12.6. The van der Waals surface area contributed by atoms with Crippen molar-refractivity contribution in [3.8, 4) is 5.75 Å². The first-order valence-corrected chi connectivity index (χ1v) is 6.83. The summed E-state index contributed by atoms with van der Waals surface area (Å²) in [6, 6.07) is 5.43. The average Bonchev–Trinajstić information content (AvgIpc) is 2.62. The molecule has 2 heterocycles. The Morgan fingerprint density at radius 2 is 2.14 bits per heavy atom. The molecule has 0 fully saturated rings. The summed E-state index contributed by atoms with van der Waals surface area (Å²) in [5.41, 5.74) is 1.54. The zero-order chi connectivity index (χ0) is 15.0. The SMILES string of the molecule is COc1ccc2c3c(oc2c1)CCCN(CC(F)(F)F)C3. The fraction of sp³-hybridized carbons (Fsp3) is 0.467. The number of rotatable bonds is 2. The molecule has 0 N–H and O–H groups in total. The maximum Gasteiger partial charge on any atom is 0.401 e. The van der Waals surface area contributed by atoms with Gasteiger partial charge < -0.3 is 9.15 Å². The number of nitrogens with zero attached hydrogens (tertiary/aromatic N) is 1. The van der Waals surface area contributed by atoms with Crippen LogP contribution in [0.25, 0.3) is 11.0 Å². The summed E-state index contributed by atoms with van der Waals surface area (Å²) in [6.07, 6.45) is -2.84. The minimum absolute atomic E-state index is 0.272. The van der Waals surface area contributed by atoms with E-state index in [1.807, 2.05) is 6.07 Å². The highest BCUT2D eigenvalue weighted by atomic mass is 19.4. The molecule has 1 aromatic carbocycles. The molecular formula is C15H16F3NO2. The Bertz CT molecular complexity index is 648. The Morgan fingerprint density at radius 1 is 1.33 bits per heavy atom. The Labute approximate surface area is 120 Å². The first-order valence-electron chi connectivity index (χ1n) is 6.83. The molecule has 1 aliphatic heterocycles. The lowest BCUT2D eigenvalue weighted by atomic mass is 10.1. The van der Waals surface area contributed by atoms with Crippen LogP contribution >= 0.6 is 0 Å². The van der Waals surface area contributed by atoms with Gasteiger partial charge >= 0.3 is 6.18 Å². The zero-order valence-corrected chi connectivity index (χ0v) is 11.7. The van der Waals surface area contributed by atoms with Crippen molar-refractivity contribution in [3.05, 3.63) is 29.5 Å². The number of hydrogen-bond donors (Lipinski definition) is 0. The average molecular weight is 299 g/mol. The van der Waals surface area contributed by atoms with Crippen molar-refractivity contribution in [1.82, 2.24) is 4.90 Å². The van der Waals surface area contributed by atoms with Crippen LogP contribution in [0.15, 0.2) is 22.6 Å². The van der Waals surface area contributed by atoms with E-state index in [4.69, 9.17) is 9.15 Å². The largest absolute Gasteiger partial charge is 0.497 e. The Kier molecular flexibility index (Phi) is 3.57. The van der Waals surface area contributed by atoms with Crippen LogP contribution in [0.5, 0.6) is 5.75 Å². The topological polar surface area (TPSA) is 25.6 Å². The van der Waals surface area contributed by atoms with Gasteiger partial charge in [0.05, 0.1) is 13.7 Å². The van der Waals surface area contributed by atoms with Crippen LogP contribution in [0.4, 0.5) is 13.2 Å². The second kappa shape index (κ2) is 5.26. The second-order valence-electron chi connectivity index (χ2n) is 5.30. The van der Waals surface area contributed by atoms with E-state index in [0.717, 1.165) is 16.7 Å². The molecule has 0 saturated carbocycles. The third-order valence-electron chi connectivity index (χ3n) is 3.75. The summed E-state index contributed by atoms with van der Waals surface area (Å²) in [5, 5.41) is 0.875. The highest BCUT2D eigenvalue weighted by Crippen LogP contribution is 2.33. The lowest BCUT2D eigenvalue weighted by molar-refractivity contribution is -0.146. The third kappa shape index (κ3) is 3.00. The van der Waals surface area contributed by atoms with E-state index in [-0.39, 0.29) is 6.54 Å². The fourth-order valence-corrected chi connectivity index (χ4v) is 2.84. The summed E-state index contributed by atoms with van der Waals surface area (Å²) in [5.74, 6) is 1.47. The molecule has 0 aliphatic carbocycles. The molecule has 0 amide bonds. The van der Waals surface area contributed by atoms with E-state index >= 15 is 0 Å². The first kappa shape index (κ1) is 14.3. The van der Waals surface area contributed by atoms with E-state index < -0.39 is 12.7 Å². The summed E-state index contributed by atoms with van der Waals surface area (Å²) in [4.78, 5) is 1.44. The predicted octanol–water partition coefficient (Wildman–Crippen LogP) is 3.75. The molecular weight excluding hydrogens is 283 g/mol. The quantitative estimate of drug-likeness (QED) is 0.844. The van der Waals surface area contributed by atoms with Gasteiger partial charge in [-0.1, -0.05) is 0 Å². The van der Waals surface area contributed by atoms with Crippen molar-refractivity contribution in [2.75, 3.05) is 20.2 Å². The number of furan rings is 1. The molecule has 1 aliphatic rings. The molecule has 0 spiro atoms. The highest BCUT2D eigenvalue weighted by molar-refractivity contribution is 5.83. The van der Waals surface area contributed by atoms with Gasteiger partial charge in [-0.3, -0.25) is 4.90 Å². The van der Waals surface area contributed by atoms with Crippen molar-refractivity contribution >= 4 is 11.0 Å². The normalized spacial score (nSPS) is 16.8.